The summed E-state index contributed by atoms with van der Waals surface area (Å²) in [5, 5.41) is 0. The summed E-state index contributed by atoms with van der Waals surface area (Å²) in [6, 6.07) is 5.87. The van der Waals surface area contributed by atoms with Gasteiger partial charge < -0.3 is 15.7 Å². The zero-order valence-corrected chi connectivity index (χ0v) is 8.34. The van der Waals surface area contributed by atoms with Gasteiger partial charge in [-0.1, -0.05) is 12.1 Å². The second-order valence-corrected chi connectivity index (χ2v) is 4.46. The Morgan fingerprint density at radius 2 is 2.13 bits per heavy atom. The quantitative estimate of drug-likeness (QED) is 0.678. The van der Waals surface area contributed by atoms with E-state index in [0.717, 1.165) is 35.9 Å². The molecule has 1 heterocycles. The van der Waals surface area contributed by atoms with Crippen molar-refractivity contribution in [2.75, 3.05) is 0 Å². The third-order valence-electron chi connectivity index (χ3n) is 3.07. The van der Waals surface area contributed by atoms with Gasteiger partial charge in [-0.15, -0.1) is 0 Å². The van der Waals surface area contributed by atoms with Gasteiger partial charge in [-0.25, -0.2) is 4.79 Å². The van der Waals surface area contributed by atoms with Crippen molar-refractivity contribution in [2.24, 2.45) is 5.73 Å². The highest BCUT2D eigenvalue weighted by molar-refractivity contribution is 5.78. The fourth-order valence-corrected chi connectivity index (χ4v) is 1.98. The highest BCUT2D eigenvalue weighted by Gasteiger charge is 2.38. The Bertz CT molecular complexity index is 562. The molecule has 0 spiro atoms. The molecule has 0 saturated heterocycles. The Hall–Kier alpha value is -1.55. The van der Waals surface area contributed by atoms with E-state index < -0.39 is 0 Å². The molecule has 0 radical (unpaired) electrons. The monoisotopic (exact) mass is 203 g/mol. The molecule has 0 bridgehead atoms. The van der Waals surface area contributed by atoms with Crippen molar-refractivity contribution >= 4 is 11.0 Å². The van der Waals surface area contributed by atoms with Crippen molar-refractivity contribution in [3.63, 3.8) is 0 Å². The maximum absolute atomic E-state index is 11.2. The average Bonchev–Trinajstić information content (AvgIpc) is 2.76. The largest absolute Gasteiger partial charge is 0.325 e. The van der Waals surface area contributed by atoms with Gasteiger partial charge >= 0.3 is 5.69 Å². The summed E-state index contributed by atoms with van der Waals surface area (Å²) < 4.78 is 0. The summed E-state index contributed by atoms with van der Waals surface area (Å²) >= 11 is 0. The Kier molecular flexibility index (Phi) is 1.59. The molecule has 4 N–H and O–H groups in total. The third kappa shape index (κ3) is 1.47. The molecule has 1 aromatic heterocycles. The zero-order chi connectivity index (χ0) is 10.5. The molecule has 3 rings (SSSR count). The molecule has 1 aliphatic carbocycles. The van der Waals surface area contributed by atoms with E-state index in [1.807, 2.05) is 18.2 Å². The predicted octanol–water partition coefficient (Wildman–Crippen LogP) is 0.890. The number of rotatable bonds is 2. The summed E-state index contributed by atoms with van der Waals surface area (Å²) in [7, 11) is 0. The van der Waals surface area contributed by atoms with Crippen molar-refractivity contribution in [3.8, 4) is 0 Å². The van der Waals surface area contributed by atoms with Crippen LogP contribution in [0.15, 0.2) is 23.0 Å². The Labute approximate surface area is 86.5 Å². The zero-order valence-electron chi connectivity index (χ0n) is 8.34. The second kappa shape index (κ2) is 2.73. The molecule has 2 aromatic rings. The molecule has 1 saturated carbocycles. The van der Waals surface area contributed by atoms with Gasteiger partial charge in [-0.05, 0) is 30.9 Å². The van der Waals surface area contributed by atoms with Crippen LogP contribution >= 0.6 is 0 Å². The molecular formula is C11H13N3O. The molecule has 78 valence electrons. The second-order valence-electron chi connectivity index (χ2n) is 4.46. The van der Waals surface area contributed by atoms with Gasteiger partial charge in [0, 0.05) is 5.54 Å². The van der Waals surface area contributed by atoms with Crippen LogP contribution in [0.4, 0.5) is 0 Å². The van der Waals surface area contributed by atoms with Gasteiger partial charge in [0.25, 0.3) is 0 Å². The van der Waals surface area contributed by atoms with Crippen molar-refractivity contribution < 1.29 is 0 Å². The smallest absolute Gasteiger partial charge is 0.323 e. The van der Waals surface area contributed by atoms with Crippen LogP contribution in [0.3, 0.4) is 0 Å². The molecule has 0 amide bonds. The number of aromatic nitrogens is 2. The molecule has 4 nitrogen and oxygen atoms in total. The van der Waals surface area contributed by atoms with Crippen LogP contribution in [-0.4, -0.2) is 15.5 Å². The minimum atomic E-state index is -0.153. The molecular weight excluding hydrogens is 190 g/mol. The number of fused-ring (bicyclic) bond motifs is 1. The van der Waals surface area contributed by atoms with E-state index in [2.05, 4.69) is 9.97 Å². The highest BCUT2D eigenvalue weighted by Crippen LogP contribution is 2.36. The third-order valence-corrected chi connectivity index (χ3v) is 3.07. The van der Waals surface area contributed by atoms with Gasteiger partial charge in [0.15, 0.2) is 0 Å². The number of para-hydroxylation sites is 1. The number of H-pyrrole nitrogens is 2. The van der Waals surface area contributed by atoms with E-state index in [0.29, 0.717) is 0 Å². The van der Waals surface area contributed by atoms with E-state index in [-0.39, 0.29) is 11.2 Å². The fraction of sp³-hybridized carbons (Fsp3) is 0.364. The van der Waals surface area contributed by atoms with Crippen LogP contribution in [-0.2, 0) is 6.42 Å². The van der Waals surface area contributed by atoms with Crippen molar-refractivity contribution in [2.45, 2.75) is 24.8 Å². The lowest BCUT2D eigenvalue weighted by Gasteiger charge is -2.08. The number of imidazole rings is 1. The van der Waals surface area contributed by atoms with Crippen molar-refractivity contribution in [3.05, 3.63) is 34.2 Å². The lowest BCUT2D eigenvalue weighted by Crippen LogP contribution is -2.24. The summed E-state index contributed by atoms with van der Waals surface area (Å²) in [5.41, 5.74) is 8.79. The van der Waals surface area contributed by atoms with Gasteiger partial charge in [0.05, 0.1) is 11.0 Å². The number of aromatic amines is 2. The summed E-state index contributed by atoms with van der Waals surface area (Å²) in [5.74, 6) is 0. The van der Waals surface area contributed by atoms with Gasteiger partial charge in [-0.2, -0.15) is 0 Å². The number of nitrogens with one attached hydrogen (secondary N) is 2. The fourth-order valence-electron chi connectivity index (χ4n) is 1.98. The van der Waals surface area contributed by atoms with Crippen LogP contribution in [0.25, 0.3) is 11.0 Å². The van der Waals surface area contributed by atoms with E-state index >= 15 is 0 Å². The van der Waals surface area contributed by atoms with Crippen LogP contribution < -0.4 is 11.4 Å². The van der Waals surface area contributed by atoms with Crippen LogP contribution in [0, 0.1) is 0 Å². The first-order valence-corrected chi connectivity index (χ1v) is 5.15. The van der Waals surface area contributed by atoms with Gasteiger partial charge in [-0.3, -0.25) is 0 Å². The Morgan fingerprint density at radius 3 is 2.87 bits per heavy atom. The molecule has 0 atom stereocenters. The molecule has 1 fully saturated rings. The number of hydrogen-bond donors (Lipinski definition) is 3. The van der Waals surface area contributed by atoms with Crippen molar-refractivity contribution in [1.29, 1.82) is 0 Å². The molecule has 15 heavy (non-hydrogen) atoms. The van der Waals surface area contributed by atoms with E-state index in [9.17, 15) is 4.79 Å². The lowest BCUT2D eigenvalue weighted by molar-refractivity contribution is 0.674. The van der Waals surface area contributed by atoms with E-state index in [1.165, 1.54) is 0 Å². The number of benzene rings is 1. The van der Waals surface area contributed by atoms with Gasteiger partial charge in [0.1, 0.15) is 0 Å². The van der Waals surface area contributed by atoms with Gasteiger partial charge in [0.2, 0.25) is 0 Å². The molecule has 1 aliphatic rings. The Balaban J connectivity index is 2.12. The Morgan fingerprint density at radius 1 is 1.33 bits per heavy atom. The molecule has 4 heteroatoms. The molecule has 0 aliphatic heterocycles. The average molecular weight is 203 g/mol. The van der Waals surface area contributed by atoms with E-state index in [1.54, 1.807) is 0 Å². The first-order chi connectivity index (χ1) is 7.16. The number of hydrogen-bond acceptors (Lipinski definition) is 2. The van der Waals surface area contributed by atoms with Crippen LogP contribution in [0.5, 0.6) is 0 Å². The molecule has 1 aromatic carbocycles. The maximum atomic E-state index is 11.2. The predicted molar refractivity (Wildman–Crippen MR) is 58.8 cm³/mol. The normalized spacial score (nSPS) is 18.2. The summed E-state index contributed by atoms with van der Waals surface area (Å²) in [6.07, 6.45) is 3.01. The molecule has 0 unspecified atom stereocenters. The lowest BCUT2D eigenvalue weighted by atomic mass is 10.0. The van der Waals surface area contributed by atoms with E-state index in [4.69, 9.17) is 5.73 Å². The minimum absolute atomic E-state index is 0.0254. The van der Waals surface area contributed by atoms with Crippen LogP contribution in [0.1, 0.15) is 18.4 Å². The summed E-state index contributed by atoms with van der Waals surface area (Å²) in [4.78, 5) is 16.7. The highest BCUT2D eigenvalue weighted by atomic mass is 16.1. The standard InChI is InChI=1S/C11H13N3O/c12-11(4-5-11)6-7-2-1-3-8-9(7)14-10(15)13-8/h1-3H,4-6,12H2,(H2,13,14,15). The SMILES string of the molecule is NC1(Cc2cccc3[nH]c(=O)[nH]c23)CC1. The van der Waals surface area contributed by atoms with Crippen LogP contribution in [0.2, 0.25) is 0 Å². The number of nitrogens with two attached hydrogens (primary N) is 1. The summed E-state index contributed by atoms with van der Waals surface area (Å²) in [6.45, 7) is 0. The van der Waals surface area contributed by atoms with Crippen molar-refractivity contribution in [1.82, 2.24) is 9.97 Å². The maximum Gasteiger partial charge on any atom is 0.323 e. The first-order valence-electron chi connectivity index (χ1n) is 5.15. The first kappa shape index (κ1) is 8.73. The topological polar surface area (TPSA) is 74.7 Å². The minimum Gasteiger partial charge on any atom is -0.325 e.